The quantitative estimate of drug-likeness (QED) is 0.455. The van der Waals surface area contributed by atoms with Crippen molar-refractivity contribution < 1.29 is 9.32 Å². The van der Waals surface area contributed by atoms with Gasteiger partial charge in [0.2, 0.25) is 11.7 Å². The Balaban J connectivity index is 1.62. The second-order valence-corrected chi connectivity index (χ2v) is 7.48. The van der Waals surface area contributed by atoms with Crippen molar-refractivity contribution in [1.82, 2.24) is 15.5 Å². The monoisotopic (exact) mass is 417 g/mol. The Kier molecular flexibility index (Phi) is 5.91. The summed E-state index contributed by atoms with van der Waals surface area (Å²) < 4.78 is 5.53. The summed E-state index contributed by atoms with van der Waals surface area (Å²) in [5, 5.41) is 7.71. The molecule has 1 N–H and O–H groups in total. The summed E-state index contributed by atoms with van der Waals surface area (Å²) in [6.07, 6.45) is 0.523. The van der Waals surface area contributed by atoms with Crippen LogP contribution in [0.1, 0.15) is 33.4 Å². The van der Waals surface area contributed by atoms with Gasteiger partial charge in [-0.05, 0) is 36.8 Å². The number of aryl methyl sites for hydroxylation is 1. The molecule has 0 bridgehead atoms. The predicted octanol–water partition coefficient (Wildman–Crippen LogP) is 5.41. The van der Waals surface area contributed by atoms with Gasteiger partial charge in [-0.2, -0.15) is 4.98 Å². The Morgan fingerprint density at radius 1 is 1.03 bits per heavy atom. The van der Waals surface area contributed by atoms with Gasteiger partial charge in [0.05, 0.1) is 0 Å². The van der Waals surface area contributed by atoms with Crippen LogP contribution in [-0.4, -0.2) is 16.0 Å². The lowest BCUT2D eigenvalue weighted by molar-refractivity contribution is 0.0928. The minimum atomic E-state index is -0.471. The third kappa shape index (κ3) is 4.75. The number of halogens is 1. The highest BCUT2D eigenvalue weighted by Crippen LogP contribution is 2.24. The van der Waals surface area contributed by atoms with E-state index in [0.717, 1.165) is 16.7 Å². The molecule has 0 fully saturated rings. The van der Waals surface area contributed by atoms with Crippen molar-refractivity contribution in [2.24, 2.45) is 0 Å². The molecule has 0 saturated carbocycles. The van der Waals surface area contributed by atoms with E-state index in [1.54, 1.807) is 24.3 Å². The van der Waals surface area contributed by atoms with Crippen molar-refractivity contribution in [2.75, 3.05) is 0 Å². The number of benzene rings is 3. The normalized spacial score (nSPS) is 11.8. The highest BCUT2D eigenvalue weighted by molar-refractivity contribution is 6.30. The lowest BCUT2D eigenvalue weighted by Gasteiger charge is -2.15. The molecule has 4 rings (SSSR count). The molecule has 4 aromatic rings. The molecule has 1 amide bonds. The lowest BCUT2D eigenvalue weighted by Crippen LogP contribution is -2.30. The highest BCUT2D eigenvalue weighted by atomic mass is 35.5. The molecule has 1 aromatic heterocycles. The largest absolute Gasteiger partial charge is 0.340 e. The molecule has 0 spiro atoms. The number of nitrogens with zero attached hydrogens (tertiary/aromatic N) is 2. The molecular formula is C24H20ClN3O2. The average Bonchev–Trinajstić information content (AvgIpc) is 3.25. The molecule has 5 nitrogen and oxygen atoms in total. The fraction of sp³-hybridized carbons (Fsp3) is 0.125. The maximum atomic E-state index is 12.8. The van der Waals surface area contributed by atoms with Crippen LogP contribution in [0.4, 0.5) is 0 Å². The third-order valence-electron chi connectivity index (χ3n) is 4.72. The zero-order chi connectivity index (χ0) is 20.9. The summed E-state index contributed by atoms with van der Waals surface area (Å²) in [6.45, 7) is 1.98. The van der Waals surface area contributed by atoms with Crippen molar-refractivity contribution in [3.8, 4) is 11.4 Å². The molecule has 0 aliphatic rings. The molecule has 0 radical (unpaired) electrons. The molecule has 6 heteroatoms. The first-order valence-corrected chi connectivity index (χ1v) is 9.97. The zero-order valence-electron chi connectivity index (χ0n) is 16.4. The van der Waals surface area contributed by atoms with E-state index in [2.05, 4.69) is 15.5 Å². The summed E-state index contributed by atoms with van der Waals surface area (Å²) in [5.74, 6) is 0.572. The van der Waals surface area contributed by atoms with Crippen molar-refractivity contribution >= 4 is 17.5 Å². The van der Waals surface area contributed by atoms with E-state index in [1.165, 1.54) is 0 Å². The number of nitrogens with one attached hydrogen (secondary N) is 1. The predicted molar refractivity (Wildman–Crippen MR) is 116 cm³/mol. The number of carbonyl (C=O) groups is 1. The minimum absolute atomic E-state index is 0.196. The van der Waals surface area contributed by atoms with E-state index in [4.69, 9.17) is 16.1 Å². The first-order chi connectivity index (χ1) is 14.6. The van der Waals surface area contributed by atoms with Crippen molar-refractivity contribution in [1.29, 1.82) is 0 Å². The standard InChI is InChI=1S/C24H20ClN3O2/c1-16-10-12-18(13-11-16)23(29)26-21(14-17-6-3-2-4-7-17)24-27-22(28-30-24)19-8-5-9-20(25)15-19/h2-13,15,21H,14H2,1H3,(H,26,29)/t21-/m1/s1. The summed E-state index contributed by atoms with van der Waals surface area (Å²) in [6, 6.07) is 24.1. The van der Waals surface area contributed by atoms with E-state index in [0.29, 0.717) is 28.7 Å². The maximum absolute atomic E-state index is 12.8. The van der Waals surface area contributed by atoms with Gasteiger partial charge in [0.1, 0.15) is 6.04 Å². The van der Waals surface area contributed by atoms with E-state index in [1.807, 2.05) is 61.5 Å². The molecule has 1 heterocycles. The molecule has 3 aromatic carbocycles. The SMILES string of the molecule is Cc1ccc(C(=O)N[C@H](Cc2ccccc2)c2nc(-c3cccc(Cl)c3)no2)cc1. The zero-order valence-corrected chi connectivity index (χ0v) is 17.1. The van der Waals surface area contributed by atoms with Gasteiger partial charge < -0.3 is 9.84 Å². The van der Waals surface area contributed by atoms with Crippen LogP contribution in [-0.2, 0) is 6.42 Å². The Morgan fingerprint density at radius 3 is 2.53 bits per heavy atom. The molecule has 0 saturated heterocycles. The van der Waals surface area contributed by atoms with Crippen molar-refractivity contribution in [3.63, 3.8) is 0 Å². The maximum Gasteiger partial charge on any atom is 0.251 e. The molecule has 150 valence electrons. The van der Waals surface area contributed by atoms with Gasteiger partial charge in [0, 0.05) is 22.6 Å². The van der Waals surface area contributed by atoms with Gasteiger partial charge in [-0.25, -0.2) is 0 Å². The van der Waals surface area contributed by atoms with Gasteiger partial charge in [-0.1, -0.05) is 76.9 Å². The van der Waals surface area contributed by atoms with Crippen molar-refractivity contribution in [2.45, 2.75) is 19.4 Å². The van der Waals surface area contributed by atoms with Crippen LogP contribution >= 0.6 is 11.6 Å². The smallest absolute Gasteiger partial charge is 0.251 e. The van der Waals surface area contributed by atoms with E-state index < -0.39 is 6.04 Å². The van der Waals surface area contributed by atoms with Crippen LogP contribution in [0.2, 0.25) is 5.02 Å². The number of rotatable bonds is 6. The Bertz CT molecular complexity index is 1140. The molecule has 0 unspecified atom stereocenters. The number of carbonyl (C=O) groups excluding carboxylic acids is 1. The molecule has 1 atom stereocenters. The summed E-state index contributed by atoms with van der Waals surface area (Å²) in [7, 11) is 0. The summed E-state index contributed by atoms with van der Waals surface area (Å²) in [4.78, 5) is 17.4. The second-order valence-electron chi connectivity index (χ2n) is 7.05. The number of hydrogen-bond acceptors (Lipinski definition) is 4. The van der Waals surface area contributed by atoms with E-state index >= 15 is 0 Å². The van der Waals surface area contributed by atoms with Gasteiger partial charge >= 0.3 is 0 Å². The van der Waals surface area contributed by atoms with Crippen LogP contribution in [0.25, 0.3) is 11.4 Å². The summed E-state index contributed by atoms with van der Waals surface area (Å²) >= 11 is 6.08. The number of hydrogen-bond donors (Lipinski definition) is 1. The third-order valence-corrected chi connectivity index (χ3v) is 4.96. The first-order valence-electron chi connectivity index (χ1n) is 9.59. The fourth-order valence-electron chi connectivity index (χ4n) is 3.12. The Labute approximate surface area is 179 Å². The summed E-state index contributed by atoms with van der Waals surface area (Å²) in [5.41, 5.74) is 3.47. The van der Waals surface area contributed by atoms with Gasteiger partial charge in [0.25, 0.3) is 5.91 Å². The topological polar surface area (TPSA) is 68.0 Å². The molecule has 30 heavy (non-hydrogen) atoms. The number of amides is 1. The Hall–Kier alpha value is -3.44. The first kappa shape index (κ1) is 19.9. The Morgan fingerprint density at radius 2 is 1.80 bits per heavy atom. The molecule has 0 aliphatic carbocycles. The number of aromatic nitrogens is 2. The van der Waals surface area contributed by atoms with Crippen LogP contribution < -0.4 is 5.32 Å². The van der Waals surface area contributed by atoms with Crippen LogP contribution in [0.5, 0.6) is 0 Å². The van der Waals surface area contributed by atoms with Crippen molar-refractivity contribution in [3.05, 3.63) is 106 Å². The highest BCUT2D eigenvalue weighted by Gasteiger charge is 2.23. The lowest BCUT2D eigenvalue weighted by atomic mass is 10.0. The minimum Gasteiger partial charge on any atom is -0.340 e. The molecular weight excluding hydrogens is 398 g/mol. The second kappa shape index (κ2) is 8.93. The fourth-order valence-corrected chi connectivity index (χ4v) is 3.31. The van der Waals surface area contributed by atoms with E-state index in [9.17, 15) is 4.79 Å². The van der Waals surface area contributed by atoms with Crippen LogP contribution in [0, 0.1) is 6.92 Å². The van der Waals surface area contributed by atoms with Gasteiger partial charge in [-0.3, -0.25) is 4.79 Å². The van der Waals surface area contributed by atoms with Crippen LogP contribution in [0.15, 0.2) is 83.4 Å². The van der Waals surface area contributed by atoms with Gasteiger partial charge in [0.15, 0.2) is 0 Å². The van der Waals surface area contributed by atoms with E-state index in [-0.39, 0.29) is 5.91 Å². The van der Waals surface area contributed by atoms with Gasteiger partial charge in [-0.15, -0.1) is 0 Å². The van der Waals surface area contributed by atoms with Crippen LogP contribution in [0.3, 0.4) is 0 Å². The molecule has 0 aliphatic heterocycles. The average molecular weight is 418 g/mol.